The van der Waals surface area contributed by atoms with Crippen LogP contribution in [0, 0.1) is 0 Å². The van der Waals surface area contributed by atoms with Crippen LogP contribution in [0.1, 0.15) is 2.85 Å². The average Bonchev–Trinajstić information content (AvgIpc) is 0. The van der Waals surface area contributed by atoms with Crippen LogP contribution in [0.5, 0.6) is 0 Å². The van der Waals surface area contributed by atoms with Gasteiger partial charge in [-0.2, -0.15) is 0 Å². The fraction of sp³-hybridized carbons (Fsp3) is 0. The Balaban J connectivity index is 0. The third kappa shape index (κ3) is 8.95. The summed E-state index contributed by atoms with van der Waals surface area (Å²) in [6, 6.07) is 0. The van der Waals surface area contributed by atoms with Crippen molar-refractivity contribution in [2.45, 2.75) is 0 Å². The van der Waals surface area contributed by atoms with Crippen molar-refractivity contribution in [2.75, 3.05) is 0 Å². The molecule has 0 heterocycles. The third-order valence-corrected chi connectivity index (χ3v) is 0. The molecule has 0 nitrogen and oxygen atoms in total. The Hall–Kier alpha value is 2.08. The second-order valence-corrected chi connectivity index (χ2v) is 0. The van der Waals surface area contributed by atoms with E-state index < -0.39 is 0 Å². The molecule has 4 heteroatoms. The molecule has 0 bridgehead atoms. The first-order chi connectivity index (χ1) is 0. The van der Waals surface area contributed by atoms with E-state index >= 15 is 0 Å². The largest absolute Gasteiger partial charge is 2.00 e. The van der Waals surface area contributed by atoms with Gasteiger partial charge in [0.15, 0.2) is 17.4 Å². The molecular weight excluding hydrogens is 110 g/mol. The molecule has 0 N–H and O–H groups in total. The number of hydrogen-bond donors (Lipinski definition) is 0. The van der Waals surface area contributed by atoms with Crippen LogP contribution in [0.15, 0.2) is 0 Å². The van der Waals surface area contributed by atoms with Crippen LogP contribution in [0.2, 0.25) is 0 Å². The van der Waals surface area contributed by atoms with Crippen LogP contribution in [-0.4, -0.2) is 48.8 Å². The van der Waals surface area contributed by atoms with Gasteiger partial charge in [-0.15, -0.1) is 0 Å². The van der Waals surface area contributed by atoms with E-state index in [0.29, 0.717) is 0 Å². The summed E-state index contributed by atoms with van der Waals surface area (Å²) in [6.45, 7) is 0. The van der Waals surface area contributed by atoms with Crippen molar-refractivity contribution < 1.29 is 24.6 Å². The quantitative estimate of drug-likeness (QED) is 0.329. The number of rotatable bonds is 0. The van der Waals surface area contributed by atoms with E-state index in [1.54, 1.807) is 0 Å². The summed E-state index contributed by atoms with van der Waals surface area (Å²) < 4.78 is 0. The summed E-state index contributed by atoms with van der Waals surface area (Å²) in [5.41, 5.74) is 0. The molecule has 0 aromatic rings. The standard InChI is InChI=1S/Al.B.Mg.Ti.5H/q;;+2;;;;;2*-1. The molecule has 0 aromatic carbocycles. The fourth-order valence-corrected chi connectivity index (χ4v) is 0. The van der Waals surface area contributed by atoms with Crippen LogP contribution in [-0.2, 0) is 21.7 Å². The first-order valence-electron chi connectivity index (χ1n) is 0. The minimum atomic E-state index is 0. The van der Waals surface area contributed by atoms with Crippen molar-refractivity contribution in [3.8, 4) is 0 Å². The molecule has 0 unspecified atom stereocenters. The molecular formula is H5AlBMgTi. The van der Waals surface area contributed by atoms with E-state index in [1.165, 1.54) is 0 Å². The van der Waals surface area contributed by atoms with E-state index in [0.717, 1.165) is 0 Å². The molecule has 0 atom stereocenters. The van der Waals surface area contributed by atoms with Gasteiger partial charge in [0.05, 0.1) is 0 Å². The summed E-state index contributed by atoms with van der Waals surface area (Å²) in [7, 11) is 0. The van der Waals surface area contributed by atoms with E-state index in [1.807, 2.05) is 0 Å². The molecule has 0 saturated heterocycles. The monoisotopic (exact) mass is 115 g/mol. The van der Waals surface area contributed by atoms with E-state index in [9.17, 15) is 0 Å². The minimum Gasteiger partial charge on any atom is -1.00 e. The van der Waals surface area contributed by atoms with Crippen molar-refractivity contribution in [2.24, 2.45) is 0 Å². The second kappa shape index (κ2) is 19.6. The molecule has 0 aliphatic carbocycles. The summed E-state index contributed by atoms with van der Waals surface area (Å²) in [5, 5.41) is 0. The second-order valence-electron chi connectivity index (χ2n) is 0. The Morgan fingerprint density at radius 1 is 1.25 bits per heavy atom. The van der Waals surface area contributed by atoms with Gasteiger partial charge in [0.2, 0.25) is 0 Å². The first-order valence-corrected chi connectivity index (χ1v) is 0. The van der Waals surface area contributed by atoms with Crippen molar-refractivity contribution in [1.82, 2.24) is 0 Å². The predicted molar refractivity (Wildman–Crippen MR) is 23.7 cm³/mol. The molecule has 0 rings (SSSR count). The zero-order valence-corrected chi connectivity index (χ0v) is 4.76. The maximum atomic E-state index is 0. The van der Waals surface area contributed by atoms with Gasteiger partial charge in [-0.3, -0.25) is 0 Å². The Morgan fingerprint density at radius 3 is 1.25 bits per heavy atom. The van der Waals surface area contributed by atoms with Crippen molar-refractivity contribution in [3.63, 3.8) is 0 Å². The maximum Gasteiger partial charge on any atom is 2.00 e. The van der Waals surface area contributed by atoms with E-state index in [4.69, 9.17) is 0 Å². The maximum absolute atomic E-state index is 0. The molecule has 4 heavy (non-hydrogen) atoms. The summed E-state index contributed by atoms with van der Waals surface area (Å²) in [5.74, 6) is 0. The number of hydrogen-bond acceptors (Lipinski definition) is 0. The molecule has 3 radical (unpaired) electrons. The molecule has 0 aliphatic heterocycles. The molecule has 0 fully saturated rings. The van der Waals surface area contributed by atoms with Gasteiger partial charge in [-0.1, -0.05) is 0 Å². The van der Waals surface area contributed by atoms with Crippen molar-refractivity contribution in [3.05, 3.63) is 0 Å². The Morgan fingerprint density at radius 2 is 1.25 bits per heavy atom. The van der Waals surface area contributed by atoms with Crippen molar-refractivity contribution >= 4 is 48.8 Å². The third-order valence-electron chi connectivity index (χ3n) is 0. The normalized spacial score (nSPS) is 0. The predicted octanol–water partition coefficient (Wildman–Crippen LogP) is -1.72. The molecule has 0 aromatic heterocycles. The zero-order chi connectivity index (χ0) is 0. The SMILES string of the molecule is [AlH3].[B].[H-].[H-].[Mg+2].[Ti]. The van der Waals surface area contributed by atoms with Gasteiger partial charge >= 0.3 is 23.1 Å². The van der Waals surface area contributed by atoms with Crippen LogP contribution in [0.25, 0.3) is 0 Å². The van der Waals surface area contributed by atoms with Crippen LogP contribution < -0.4 is 0 Å². The Bertz CT molecular complexity index is 13.5. The molecule has 17 valence electrons. The van der Waals surface area contributed by atoms with Crippen LogP contribution >= 0.6 is 0 Å². The summed E-state index contributed by atoms with van der Waals surface area (Å²) in [4.78, 5) is 0. The first kappa shape index (κ1) is 36.3. The Kier molecular flexibility index (Phi) is 177. The van der Waals surface area contributed by atoms with Gasteiger partial charge in [0.25, 0.3) is 0 Å². The molecule has 0 amide bonds. The van der Waals surface area contributed by atoms with Gasteiger partial charge in [-0.05, 0) is 0 Å². The topological polar surface area (TPSA) is 0 Å². The minimum absolute atomic E-state index is 0. The van der Waals surface area contributed by atoms with Gasteiger partial charge in [-0.25, -0.2) is 0 Å². The van der Waals surface area contributed by atoms with Gasteiger partial charge in [0, 0.05) is 30.1 Å². The van der Waals surface area contributed by atoms with Gasteiger partial charge in [0.1, 0.15) is 0 Å². The van der Waals surface area contributed by atoms with E-state index in [2.05, 4.69) is 0 Å². The van der Waals surface area contributed by atoms with E-state index in [-0.39, 0.29) is 73.4 Å². The molecule has 0 spiro atoms. The fourth-order valence-electron chi connectivity index (χ4n) is 0. The Labute approximate surface area is 72.8 Å². The smallest absolute Gasteiger partial charge is 1.00 e. The van der Waals surface area contributed by atoms with Crippen LogP contribution in [0.4, 0.5) is 0 Å². The zero-order valence-electron chi connectivity index (χ0n) is 3.78. The average molecular weight is 115 g/mol. The van der Waals surface area contributed by atoms with Crippen molar-refractivity contribution in [1.29, 1.82) is 0 Å². The summed E-state index contributed by atoms with van der Waals surface area (Å²) >= 11 is 0. The molecule has 0 aliphatic rings. The van der Waals surface area contributed by atoms with Gasteiger partial charge < -0.3 is 2.85 Å². The van der Waals surface area contributed by atoms with Crippen LogP contribution in [0.3, 0.4) is 0 Å². The molecule has 0 saturated carbocycles. The summed E-state index contributed by atoms with van der Waals surface area (Å²) in [6.07, 6.45) is 0.